The van der Waals surface area contributed by atoms with Gasteiger partial charge < -0.3 is 9.84 Å². The van der Waals surface area contributed by atoms with Gasteiger partial charge in [0.25, 0.3) is 0 Å². The van der Waals surface area contributed by atoms with Crippen molar-refractivity contribution in [1.82, 2.24) is 0 Å². The van der Waals surface area contributed by atoms with Crippen LogP contribution in [0.25, 0.3) is 0 Å². The molecular formula is C12H15F3O4S. The third-order valence-corrected chi connectivity index (χ3v) is 4.00. The molecule has 20 heavy (non-hydrogen) atoms. The van der Waals surface area contributed by atoms with Gasteiger partial charge in [0.2, 0.25) is 0 Å². The minimum absolute atomic E-state index is 0.0514. The van der Waals surface area contributed by atoms with Gasteiger partial charge in [-0.25, -0.2) is 8.42 Å². The number of hydrogen-bond donors (Lipinski definition) is 1. The molecular weight excluding hydrogens is 297 g/mol. The number of aliphatic hydroxyl groups excluding tert-OH is 1. The number of aliphatic hydroxyl groups is 1. The summed E-state index contributed by atoms with van der Waals surface area (Å²) in [5.74, 6) is -0.582. The zero-order valence-corrected chi connectivity index (χ0v) is 11.4. The first-order valence-corrected chi connectivity index (χ1v) is 7.62. The van der Waals surface area contributed by atoms with Crippen LogP contribution in [0.1, 0.15) is 11.1 Å². The van der Waals surface area contributed by atoms with Gasteiger partial charge in [0.1, 0.15) is 0 Å². The quantitative estimate of drug-likeness (QED) is 0.777. The molecule has 0 fully saturated rings. The molecule has 0 saturated carbocycles. The van der Waals surface area contributed by atoms with Crippen LogP contribution < -0.4 is 0 Å². The SMILES string of the molecule is O=S(=O)(CCOCCO)Cc1ccc(C(F)(F)F)cc1. The van der Waals surface area contributed by atoms with E-state index in [1.165, 1.54) is 0 Å². The Balaban J connectivity index is 2.59. The van der Waals surface area contributed by atoms with Crippen LogP contribution in [0.5, 0.6) is 0 Å². The predicted octanol–water partition coefficient (Wildman–Crippen LogP) is 1.63. The lowest BCUT2D eigenvalue weighted by atomic mass is 10.1. The molecule has 0 heterocycles. The number of hydrogen-bond acceptors (Lipinski definition) is 4. The first kappa shape index (κ1) is 16.9. The van der Waals surface area contributed by atoms with Gasteiger partial charge in [-0.15, -0.1) is 0 Å². The van der Waals surface area contributed by atoms with E-state index in [4.69, 9.17) is 9.84 Å². The molecule has 0 radical (unpaired) electrons. The van der Waals surface area contributed by atoms with Gasteiger partial charge >= 0.3 is 6.18 Å². The number of sulfone groups is 1. The highest BCUT2D eigenvalue weighted by Gasteiger charge is 2.30. The highest BCUT2D eigenvalue weighted by molar-refractivity contribution is 7.90. The highest BCUT2D eigenvalue weighted by atomic mass is 32.2. The first-order chi connectivity index (χ1) is 9.24. The van der Waals surface area contributed by atoms with E-state index >= 15 is 0 Å². The summed E-state index contributed by atoms with van der Waals surface area (Å²) < 4.78 is 65.2. The van der Waals surface area contributed by atoms with Crippen LogP contribution in [-0.2, 0) is 26.5 Å². The number of benzene rings is 1. The summed E-state index contributed by atoms with van der Waals surface area (Å²) in [6.45, 7) is -0.196. The van der Waals surface area contributed by atoms with Gasteiger partial charge in [-0.1, -0.05) is 12.1 Å². The molecule has 0 aliphatic rings. The van der Waals surface area contributed by atoms with E-state index in [-0.39, 0.29) is 31.3 Å². The summed E-state index contributed by atoms with van der Waals surface area (Å²) in [4.78, 5) is 0. The lowest BCUT2D eigenvalue weighted by Crippen LogP contribution is -2.15. The number of alkyl halides is 3. The van der Waals surface area contributed by atoms with Gasteiger partial charge in [0, 0.05) is 0 Å². The summed E-state index contributed by atoms with van der Waals surface area (Å²) in [7, 11) is -3.45. The van der Waals surface area contributed by atoms with Crippen LogP contribution in [0.2, 0.25) is 0 Å². The molecule has 1 rings (SSSR count). The number of rotatable bonds is 7. The predicted molar refractivity (Wildman–Crippen MR) is 66.8 cm³/mol. The standard InChI is InChI=1S/C12H15F3O4S/c13-12(14,15)11-3-1-10(2-4-11)9-20(17,18)8-7-19-6-5-16/h1-4,16H,5-9H2. The van der Waals surface area contributed by atoms with Crippen molar-refractivity contribution in [2.45, 2.75) is 11.9 Å². The molecule has 0 spiro atoms. The largest absolute Gasteiger partial charge is 0.416 e. The molecule has 0 bridgehead atoms. The van der Waals surface area contributed by atoms with Crippen LogP contribution in [0.4, 0.5) is 13.2 Å². The van der Waals surface area contributed by atoms with Crippen molar-refractivity contribution in [2.75, 3.05) is 25.6 Å². The molecule has 0 saturated heterocycles. The van der Waals surface area contributed by atoms with Crippen molar-refractivity contribution in [3.63, 3.8) is 0 Å². The van der Waals surface area contributed by atoms with Crippen LogP contribution in [0.3, 0.4) is 0 Å². The monoisotopic (exact) mass is 312 g/mol. The van der Waals surface area contributed by atoms with E-state index in [1.54, 1.807) is 0 Å². The average molecular weight is 312 g/mol. The normalized spacial score (nSPS) is 12.6. The van der Waals surface area contributed by atoms with Crippen molar-refractivity contribution in [2.24, 2.45) is 0 Å². The Morgan fingerprint density at radius 3 is 2.20 bits per heavy atom. The molecule has 0 atom stereocenters. The summed E-state index contributed by atoms with van der Waals surface area (Å²) in [6.07, 6.45) is -4.43. The molecule has 0 amide bonds. The second-order valence-corrected chi connectivity index (χ2v) is 6.31. The molecule has 1 aromatic rings. The molecule has 0 aliphatic carbocycles. The molecule has 0 aromatic heterocycles. The lowest BCUT2D eigenvalue weighted by Gasteiger charge is -2.08. The summed E-state index contributed by atoms with van der Waals surface area (Å²) in [6, 6.07) is 4.00. The fourth-order valence-corrected chi connectivity index (χ4v) is 2.69. The van der Waals surface area contributed by atoms with E-state index in [0.717, 1.165) is 24.3 Å². The van der Waals surface area contributed by atoms with Gasteiger partial charge in [0.05, 0.1) is 36.9 Å². The Morgan fingerprint density at radius 2 is 1.70 bits per heavy atom. The van der Waals surface area contributed by atoms with Crippen LogP contribution in [0, 0.1) is 0 Å². The second-order valence-electron chi connectivity index (χ2n) is 4.12. The minimum atomic E-state index is -4.43. The zero-order valence-electron chi connectivity index (χ0n) is 10.6. The second kappa shape index (κ2) is 7.05. The summed E-state index contributed by atoms with van der Waals surface area (Å²) >= 11 is 0. The topological polar surface area (TPSA) is 63.6 Å². The average Bonchev–Trinajstić information content (AvgIpc) is 2.34. The number of ether oxygens (including phenoxy) is 1. The van der Waals surface area contributed by atoms with Gasteiger partial charge in [-0.3, -0.25) is 0 Å². The summed E-state index contributed by atoms with van der Waals surface area (Å²) in [5.41, 5.74) is -0.523. The lowest BCUT2D eigenvalue weighted by molar-refractivity contribution is -0.137. The van der Waals surface area contributed by atoms with Gasteiger partial charge in [-0.05, 0) is 17.7 Å². The van der Waals surface area contributed by atoms with Crippen molar-refractivity contribution >= 4 is 9.84 Å². The molecule has 0 unspecified atom stereocenters. The molecule has 0 aliphatic heterocycles. The third kappa shape index (κ3) is 5.89. The van der Waals surface area contributed by atoms with Gasteiger partial charge in [-0.2, -0.15) is 13.2 Å². The molecule has 1 aromatic carbocycles. The molecule has 1 N–H and O–H groups in total. The van der Waals surface area contributed by atoms with E-state index in [1.807, 2.05) is 0 Å². The van der Waals surface area contributed by atoms with Gasteiger partial charge in [0.15, 0.2) is 9.84 Å². The van der Waals surface area contributed by atoms with Crippen molar-refractivity contribution in [1.29, 1.82) is 0 Å². The Hall–Kier alpha value is -1.12. The van der Waals surface area contributed by atoms with E-state index < -0.39 is 21.6 Å². The molecule has 114 valence electrons. The van der Waals surface area contributed by atoms with Crippen LogP contribution in [-0.4, -0.2) is 39.1 Å². The van der Waals surface area contributed by atoms with E-state index in [9.17, 15) is 21.6 Å². The smallest absolute Gasteiger partial charge is 0.394 e. The van der Waals surface area contributed by atoms with Crippen molar-refractivity contribution in [3.8, 4) is 0 Å². The Kier molecular flexibility index (Phi) is 5.97. The van der Waals surface area contributed by atoms with Crippen LogP contribution >= 0.6 is 0 Å². The fraction of sp³-hybridized carbons (Fsp3) is 0.500. The van der Waals surface area contributed by atoms with Crippen molar-refractivity contribution < 1.29 is 31.4 Å². The Labute approximate surface area is 115 Å². The minimum Gasteiger partial charge on any atom is -0.394 e. The van der Waals surface area contributed by atoms with Crippen molar-refractivity contribution in [3.05, 3.63) is 35.4 Å². The zero-order chi connectivity index (χ0) is 15.2. The maximum Gasteiger partial charge on any atom is 0.416 e. The fourth-order valence-electron chi connectivity index (χ4n) is 1.47. The maximum atomic E-state index is 12.3. The Bertz CT molecular complexity index is 508. The third-order valence-electron chi connectivity index (χ3n) is 2.44. The highest BCUT2D eigenvalue weighted by Crippen LogP contribution is 2.29. The van der Waals surface area contributed by atoms with E-state index in [2.05, 4.69) is 0 Å². The van der Waals surface area contributed by atoms with Crippen LogP contribution in [0.15, 0.2) is 24.3 Å². The molecule has 4 nitrogen and oxygen atoms in total. The first-order valence-electron chi connectivity index (χ1n) is 5.80. The summed E-state index contributed by atoms with van der Waals surface area (Å²) in [5, 5.41) is 8.46. The maximum absolute atomic E-state index is 12.3. The molecule has 8 heteroatoms. The number of halogens is 3. The Morgan fingerprint density at radius 1 is 1.10 bits per heavy atom. The van der Waals surface area contributed by atoms with E-state index in [0.29, 0.717) is 5.56 Å².